The number of carbonyl (C=O) groups is 2. The molecule has 2 N–H and O–H groups in total. The third-order valence-electron chi connectivity index (χ3n) is 8.07. The van der Waals surface area contributed by atoms with E-state index in [1.807, 2.05) is 13.0 Å². The summed E-state index contributed by atoms with van der Waals surface area (Å²) in [6.45, 7) is 2.01. The predicted octanol–water partition coefficient (Wildman–Crippen LogP) is 3.52. The molecule has 4 fully saturated rings. The van der Waals surface area contributed by atoms with Crippen LogP contribution < -0.4 is 0 Å². The second-order valence-electron chi connectivity index (χ2n) is 9.61. The Morgan fingerprint density at radius 2 is 1.90 bits per heavy atom. The van der Waals surface area contributed by atoms with E-state index in [0.717, 1.165) is 31.2 Å². The highest BCUT2D eigenvalue weighted by Gasteiger charge is 2.66. The highest BCUT2D eigenvalue weighted by Crippen LogP contribution is 2.59. The molecule has 6 nitrogen and oxygen atoms in total. The maximum Gasteiger partial charge on any atom is 0.233 e. The molecule has 4 aliphatic rings. The zero-order valence-corrected chi connectivity index (χ0v) is 17.5. The summed E-state index contributed by atoms with van der Waals surface area (Å²) < 4.78 is 6.23. The molecule has 5 rings (SSSR count). The third kappa shape index (κ3) is 2.91. The van der Waals surface area contributed by atoms with E-state index in [2.05, 4.69) is 0 Å². The predicted molar refractivity (Wildman–Crippen MR) is 109 cm³/mol. The van der Waals surface area contributed by atoms with Crippen molar-refractivity contribution in [2.45, 2.75) is 76.2 Å². The fourth-order valence-corrected chi connectivity index (χ4v) is 6.60. The van der Waals surface area contributed by atoms with E-state index in [1.165, 1.54) is 6.42 Å². The fourth-order valence-electron chi connectivity index (χ4n) is 6.60. The molecule has 30 heavy (non-hydrogen) atoms. The molecule has 0 unspecified atom stereocenters. The molecule has 0 spiro atoms. The summed E-state index contributed by atoms with van der Waals surface area (Å²) in [5.74, 6) is -2.83. The summed E-state index contributed by atoms with van der Waals surface area (Å²) in [7, 11) is 0. The Hall–Kier alpha value is -1.92. The van der Waals surface area contributed by atoms with Gasteiger partial charge in [0.15, 0.2) is 5.79 Å². The van der Waals surface area contributed by atoms with Crippen molar-refractivity contribution in [3.8, 4) is 5.75 Å². The average Bonchev–Trinajstić information content (AvgIpc) is 3.22. The van der Waals surface area contributed by atoms with Crippen molar-refractivity contribution in [3.05, 3.63) is 29.8 Å². The molecule has 0 aromatic heterocycles. The average molecular weight is 414 g/mol. The highest BCUT2D eigenvalue weighted by molar-refractivity contribution is 6.05. The van der Waals surface area contributed by atoms with Crippen LogP contribution in [0.3, 0.4) is 0 Å². The summed E-state index contributed by atoms with van der Waals surface area (Å²) in [6.07, 6.45) is 6.34. The molecule has 6 heteroatoms. The fraction of sp³-hybridized carbons (Fsp3) is 0.667. The Labute approximate surface area is 177 Å². The number of rotatable bonds is 3. The summed E-state index contributed by atoms with van der Waals surface area (Å²) >= 11 is 0. The summed E-state index contributed by atoms with van der Waals surface area (Å²) in [6, 6.07) is 6.91. The van der Waals surface area contributed by atoms with Crippen molar-refractivity contribution in [1.82, 2.24) is 4.90 Å². The van der Waals surface area contributed by atoms with Gasteiger partial charge >= 0.3 is 0 Å². The van der Waals surface area contributed by atoms with Crippen molar-refractivity contribution < 1.29 is 24.5 Å². The van der Waals surface area contributed by atoms with Crippen LogP contribution in [0, 0.1) is 23.7 Å². The molecule has 6 atom stereocenters. The first-order valence-electron chi connectivity index (χ1n) is 11.5. The normalized spacial score (nSPS) is 39.3. The van der Waals surface area contributed by atoms with Gasteiger partial charge in [0, 0.05) is 17.9 Å². The summed E-state index contributed by atoms with van der Waals surface area (Å²) in [4.78, 5) is 28.4. The minimum atomic E-state index is -1.41. The van der Waals surface area contributed by atoms with E-state index in [-0.39, 0.29) is 35.4 Å². The zero-order chi connectivity index (χ0) is 21.0. The highest BCUT2D eigenvalue weighted by atomic mass is 16.6. The number of benzene rings is 1. The van der Waals surface area contributed by atoms with Gasteiger partial charge in [-0.15, -0.1) is 0 Å². The van der Waals surface area contributed by atoms with Gasteiger partial charge in [-0.25, -0.2) is 0 Å². The molecule has 0 radical (unpaired) electrons. The Bertz CT molecular complexity index is 850. The molecule has 1 aromatic carbocycles. The molecule has 2 saturated carbocycles. The number of amides is 2. The van der Waals surface area contributed by atoms with Crippen molar-refractivity contribution in [3.63, 3.8) is 0 Å². The summed E-state index contributed by atoms with van der Waals surface area (Å²) in [5, 5.41) is 21.5. The van der Waals surface area contributed by atoms with Gasteiger partial charge in [-0.2, -0.15) is 0 Å². The number of hydrogen-bond acceptors (Lipinski definition) is 5. The first-order valence-corrected chi connectivity index (χ1v) is 11.5. The van der Waals surface area contributed by atoms with Gasteiger partial charge in [-0.05, 0) is 49.8 Å². The van der Waals surface area contributed by atoms with Crippen LogP contribution in [-0.2, 0) is 14.3 Å². The second-order valence-corrected chi connectivity index (χ2v) is 9.61. The van der Waals surface area contributed by atoms with E-state index in [9.17, 15) is 19.8 Å². The number of nitrogens with zero attached hydrogens (tertiary/aromatic N) is 1. The molecule has 0 bridgehead atoms. The van der Waals surface area contributed by atoms with Crippen LogP contribution in [0.2, 0.25) is 0 Å². The number of phenolic OH excluding ortho intramolecular Hbond substituents is 1. The number of hydrogen-bond donors (Lipinski definition) is 2. The topological polar surface area (TPSA) is 87.1 Å². The Balaban J connectivity index is 1.48. The molecular formula is C24H31NO5. The van der Waals surface area contributed by atoms with Crippen LogP contribution in [0.1, 0.15) is 70.0 Å². The first kappa shape index (κ1) is 20.0. The lowest BCUT2D eigenvalue weighted by atomic mass is 9.64. The van der Waals surface area contributed by atoms with E-state index in [1.54, 1.807) is 23.1 Å². The van der Waals surface area contributed by atoms with Gasteiger partial charge in [0.2, 0.25) is 11.8 Å². The van der Waals surface area contributed by atoms with Gasteiger partial charge < -0.3 is 14.9 Å². The van der Waals surface area contributed by atoms with Crippen LogP contribution in [0.4, 0.5) is 0 Å². The molecule has 2 saturated heterocycles. The standard InChI is InChI=1S/C24H31NO5/c1-2-15-12-18-21(23(28)25(22(18)27)16-8-4-3-5-9-16)19-13-20(30-24(15,19)29)14-7-6-10-17(26)11-14/h6-7,10-11,15-16,18-21,26,29H,2-5,8-9,12-13H2,1H3/t15-,18-,19-,20-,21-,24+/m0/s1. The maximum absolute atomic E-state index is 13.5. The zero-order valence-electron chi connectivity index (χ0n) is 17.5. The minimum Gasteiger partial charge on any atom is -0.508 e. The van der Waals surface area contributed by atoms with Crippen molar-refractivity contribution in [2.75, 3.05) is 0 Å². The molecule has 1 aromatic rings. The largest absolute Gasteiger partial charge is 0.508 e. The number of aliphatic hydroxyl groups is 1. The number of ether oxygens (including phenoxy) is 1. The molecule has 2 aliphatic heterocycles. The van der Waals surface area contributed by atoms with Crippen molar-refractivity contribution in [2.24, 2.45) is 23.7 Å². The number of imide groups is 1. The van der Waals surface area contributed by atoms with Crippen molar-refractivity contribution >= 4 is 11.8 Å². The maximum atomic E-state index is 13.5. The quantitative estimate of drug-likeness (QED) is 0.741. The summed E-state index contributed by atoms with van der Waals surface area (Å²) in [5.41, 5.74) is 0.796. The minimum absolute atomic E-state index is 0.0155. The molecular weight excluding hydrogens is 382 g/mol. The van der Waals surface area contributed by atoms with Gasteiger partial charge in [0.05, 0.1) is 17.9 Å². The first-order chi connectivity index (χ1) is 14.4. The number of likely N-dealkylation sites (tertiary alicyclic amines) is 1. The van der Waals surface area contributed by atoms with E-state index in [0.29, 0.717) is 19.3 Å². The van der Waals surface area contributed by atoms with Gasteiger partial charge in [0.1, 0.15) is 5.75 Å². The van der Waals surface area contributed by atoms with E-state index in [4.69, 9.17) is 4.74 Å². The van der Waals surface area contributed by atoms with E-state index >= 15 is 0 Å². The van der Waals surface area contributed by atoms with Gasteiger partial charge in [0.25, 0.3) is 0 Å². The third-order valence-corrected chi connectivity index (χ3v) is 8.07. The molecule has 2 heterocycles. The van der Waals surface area contributed by atoms with Crippen LogP contribution in [-0.4, -0.2) is 38.8 Å². The number of phenols is 1. The van der Waals surface area contributed by atoms with Crippen LogP contribution in [0.25, 0.3) is 0 Å². The Kier molecular flexibility index (Phi) is 4.90. The smallest absolute Gasteiger partial charge is 0.233 e. The molecule has 162 valence electrons. The SMILES string of the molecule is CC[C@H]1C[C@@H]2C(=O)N(C3CCCCC3)C(=O)[C@@H]2[C@@H]2C[C@@H](c3cccc(O)c3)O[C@]12O. The molecule has 2 amide bonds. The van der Waals surface area contributed by atoms with Crippen LogP contribution >= 0.6 is 0 Å². The van der Waals surface area contributed by atoms with E-state index < -0.39 is 23.7 Å². The Morgan fingerprint density at radius 3 is 2.60 bits per heavy atom. The number of fused-ring (bicyclic) bond motifs is 3. The van der Waals surface area contributed by atoms with Crippen molar-refractivity contribution in [1.29, 1.82) is 0 Å². The monoisotopic (exact) mass is 413 g/mol. The lowest BCUT2D eigenvalue weighted by Crippen LogP contribution is -2.53. The number of aromatic hydroxyl groups is 1. The van der Waals surface area contributed by atoms with Crippen LogP contribution in [0.5, 0.6) is 5.75 Å². The second kappa shape index (κ2) is 7.34. The Morgan fingerprint density at radius 1 is 1.13 bits per heavy atom. The lowest BCUT2D eigenvalue weighted by molar-refractivity contribution is -0.269. The number of carbonyl (C=O) groups excluding carboxylic acids is 2. The lowest BCUT2D eigenvalue weighted by Gasteiger charge is -2.44. The molecule has 2 aliphatic carbocycles. The van der Waals surface area contributed by atoms with Gasteiger partial charge in [-0.3, -0.25) is 14.5 Å². The van der Waals surface area contributed by atoms with Gasteiger partial charge in [-0.1, -0.05) is 38.3 Å². The van der Waals surface area contributed by atoms with Crippen LogP contribution in [0.15, 0.2) is 24.3 Å².